The van der Waals surface area contributed by atoms with E-state index < -0.39 is 17.6 Å². The second-order valence-electron chi connectivity index (χ2n) is 7.40. The Morgan fingerprint density at radius 3 is 2.22 bits per heavy atom. The molecule has 2 heterocycles. The van der Waals surface area contributed by atoms with Crippen LogP contribution in [0.3, 0.4) is 0 Å². The number of carbonyl (C=O) groups is 2. The number of nitrogens with zero attached hydrogens (tertiary/aromatic N) is 3. The van der Waals surface area contributed by atoms with E-state index >= 15 is 0 Å². The monoisotopic (exact) mass is 459 g/mol. The second kappa shape index (κ2) is 9.12. The third-order valence-corrected chi connectivity index (χ3v) is 6.23. The van der Waals surface area contributed by atoms with E-state index in [2.05, 4.69) is 4.98 Å². The average molecular weight is 459 g/mol. The van der Waals surface area contributed by atoms with Crippen LogP contribution in [0.4, 0.5) is 13.2 Å². The number of amides is 2. The van der Waals surface area contributed by atoms with Crippen molar-refractivity contribution in [2.45, 2.75) is 12.6 Å². The van der Waals surface area contributed by atoms with Crippen molar-refractivity contribution in [3.8, 4) is 10.6 Å². The molecule has 166 valence electrons. The number of aromatic nitrogens is 1. The smallest absolute Gasteiger partial charge is 0.339 e. The van der Waals surface area contributed by atoms with Crippen molar-refractivity contribution in [3.63, 3.8) is 0 Å². The number of hydrogen-bond acceptors (Lipinski definition) is 4. The molecule has 32 heavy (non-hydrogen) atoms. The first-order valence-corrected chi connectivity index (χ1v) is 10.9. The molecule has 1 aliphatic rings. The Kier molecular flexibility index (Phi) is 6.27. The van der Waals surface area contributed by atoms with Gasteiger partial charge in [-0.1, -0.05) is 42.5 Å². The van der Waals surface area contributed by atoms with Crippen molar-refractivity contribution in [1.82, 2.24) is 14.8 Å². The summed E-state index contributed by atoms with van der Waals surface area (Å²) in [6.07, 6.45) is -4.45. The van der Waals surface area contributed by atoms with Gasteiger partial charge in [0.05, 0.1) is 23.2 Å². The zero-order valence-corrected chi connectivity index (χ0v) is 17.8. The van der Waals surface area contributed by atoms with Gasteiger partial charge in [-0.25, -0.2) is 4.98 Å². The lowest BCUT2D eigenvalue weighted by Crippen LogP contribution is -2.51. The van der Waals surface area contributed by atoms with E-state index in [4.69, 9.17) is 0 Å². The van der Waals surface area contributed by atoms with Gasteiger partial charge in [-0.2, -0.15) is 13.2 Å². The van der Waals surface area contributed by atoms with E-state index in [0.29, 0.717) is 5.69 Å². The van der Waals surface area contributed by atoms with Gasteiger partial charge in [0.25, 0.3) is 5.91 Å². The minimum atomic E-state index is -4.60. The molecule has 3 aromatic rings. The van der Waals surface area contributed by atoms with Crippen LogP contribution in [-0.2, 0) is 17.4 Å². The maximum absolute atomic E-state index is 13.2. The Morgan fingerprint density at radius 1 is 0.906 bits per heavy atom. The van der Waals surface area contributed by atoms with Crippen LogP contribution in [0.5, 0.6) is 0 Å². The minimum absolute atomic E-state index is 0.113. The summed E-state index contributed by atoms with van der Waals surface area (Å²) in [5.41, 5.74) is 0.357. The zero-order chi connectivity index (χ0) is 22.7. The Morgan fingerprint density at radius 2 is 1.53 bits per heavy atom. The Labute approximate surface area is 187 Å². The normalized spacial score (nSPS) is 14.5. The van der Waals surface area contributed by atoms with Crippen LogP contribution < -0.4 is 0 Å². The molecule has 0 N–H and O–H groups in total. The zero-order valence-electron chi connectivity index (χ0n) is 17.0. The Bertz CT molecular complexity index is 1110. The molecule has 0 bridgehead atoms. The summed E-state index contributed by atoms with van der Waals surface area (Å²) in [6, 6.07) is 14.5. The third kappa shape index (κ3) is 4.83. The van der Waals surface area contributed by atoms with Crippen molar-refractivity contribution in [2.24, 2.45) is 0 Å². The molecule has 2 amide bonds. The summed E-state index contributed by atoms with van der Waals surface area (Å²) < 4.78 is 39.7. The predicted octanol–water partition coefficient (Wildman–Crippen LogP) is 4.36. The summed E-state index contributed by atoms with van der Waals surface area (Å²) >= 11 is 1.47. The molecule has 9 heteroatoms. The second-order valence-corrected chi connectivity index (χ2v) is 8.26. The highest BCUT2D eigenvalue weighted by Crippen LogP contribution is 2.32. The molecule has 1 aliphatic heterocycles. The highest BCUT2D eigenvalue weighted by Gasteiger charge is 2.36. The lowest BCUT2D eigenvalue weighted by molar-refractivity contribution is -0.138. The topological polar surface area (TPSA) is 53.5 Å². The Hall–Kier alpha value is -3.20. The van der Waals surface area contributed by atoms with E-state index in [0.717, 1.165) is 16.6 Å². The first-order valence-electron chi connectivity index (χ1n) is 10.1. The van der Waals surface area contributed by atoms with Crippen LogP contribution in [0.25, 0.3) is 10.6 Å². The van der Waals surface area contributed by atoms with Crippen molar-refractivity contribution in [1.29, 1.82) is 0 Å². The van der Waals surface area contributed by atoms with Gasteiger partial charge in [-0.3, -0.25) is 9.59 Å². The van der Waals surface area contributed by atoms with E-state index in [1.54, 1.807) is 4.90 Å². The third-order valence-electron chi connectivity index (χ3n) is 5.29. The van der Waals surface area contributed by atoms with Gasteiger partial charge < -0.3 is 9.80 Å². The standard InChI is InChI=1S/C23H20F3N3O2S/c24-23(25,26)19-9-5-4-8-18(19)22(31)29-12-10-28(11-13-29)20(30)14-17-15-32-21(27-17)16-6-2-1-3-7-16/h1-9,15H,10-14H2. The predicted molar refractivity (Wildman–Crippen MR) is 115 cm³/mol. The average Bonchev–Trinajstić information content (AvgIpc) is 3.27. The first-order chi connectivity index (χ1) is 15.3. The van der Waals surface area contributed by atoms with E-state index in [1.807, 2.05) is 35.7 Å². The molecule has 0 spiro atoms. The number of halogens is 3. The van der Waals surface area contributed by atoms with Crippen molar-refractivity contribution < 1.29 is 22.8 Å². The number of piperazine rings is 1. The maximum Gasteiger partial charge on any atom is 0.417 e. The van der Waals surface area contributed by atoms with Gasteiger partial charge in [0, 0.05) is 37.1 Å². The van der Waals surface area contributed by atoms with Crippen LogP contribution in [0, 0.1) is 0 Å². The fourth-order valence-electron chi connectivity index (χ4n) is 3.61. The number of benzene rings is 2. The van der Waals surface area contributed by atoms with Gasteiger partial charge in [0.1, 0.15) is 5.01 Å². The number of rotatable bonds is 4. The molecular weight excluding hydrogens is 439 g/mol. The molecule has 2 aromatic carbocycles. The van der Waals surface area contributed by atoms with E-state index in [1.165, 1.54) is 34.4 Å². The van der Waals surface area contributed by atoms with Crippen LogP contribution in [-0.4, -0.2) is 52.8 Å². The van der Waals surface area contributed by atoms with Crippen LogP contribution in [0.15, 0.2) is 60.0 Å². The van der Waals surface area contributed by atoms with Crippen molar-refractivity contribution in [2.75, 3.05) is 26.2 Å². The summed E-state index contributed by atoms with van der Waals surface area (Å²) in [4.78, 5) is 32.9. The number of hydrogen-bond donors (Lipinski definition) is 0. The largest absolute Gasteiger partial charge is 0.417 e. The number of thiazole rings is 1. The molecule has 1 saturated heterocycles. The van der Waals surface area contributed by atoms with Gasteiger partial charge in [0.15, 0.2) is 0 Å². The molecule has 0 unspecified atom stereocenters. The quantitative estimate of drug-likeness (QED) is 0.583. The highest BCUT2D eigenvalue weighted by atomic mass is 32.1. The van der Waals surface area contributed by atoms with Gasteiger partial charge in [-0.05, 0) is 12.1 Å². The maximum atomic E-state index is 13.2. The Balaban J connectivity index is 1.36. The van der Waals surface area contributed by atoms with E-state index in [9.17, 15) is 22.8 Å². The lowest BCUT2D eigenvalue weighted by Gasteiger charge is -2.35. The SMILES string of the molecule is O=C(Cc1csc(-c2ccccc2)n1)N1CCN(C(=O)c2ccccc2C(F)(F)F)CC1. The molecule has 1 aromatic heterocycles. The summed E-state index contributed by atoms with van der Waals surface area (Å²) in [5.74, 6) is -0.783. The molecule has 0 radical (unpaired) electrons. The molecule has 0 atom stereocenters. The molecule has 5 nitrogen and oxygen atoms in total. The van der Waals surface area contributed by atoms with Gasteiger partial charge in [-0.15, -0.1) is 11.3 Å². The molecule has 0 aliphatic carbocycles. The van der Waals surface area contributed by atoms with Crippen LogP contribution in [0.1, 0.15) is 21.6 Å². The van der Waals surface area contributed by atoms with E-state index in [-0.39, 0.29) is 44.1 Å². The van der Waals surface area contributed by atoms with Gasteiger partial charge in [0.2, 0.25) is 5.91 Å². The fourth-order valence-corrected chi connectivity index (χ4v) is 4.44. The molecular formula is C23H20F3N3O2S. The number of alkyl halides is 3. The first kappa shape index (κ1) is 22.0. The van der Waals surface area contributed by atoms with Crippen LogP contribution in [0.2, 0.25) is 0 Å². The fraction of sp³-hybridized carbons (Fsp3) is 0.261. The number of carbonyl (C=O) groups excluding carboxylic acids is 2. The minimum Gasteiger partial charge on any atom is -0.339 e. The van der Waals surface area contributed by atoms with Gasteiger partial charge >= 0.3 is 6.18 Å². The molecule has 4 rings (SSSR count). The summed E-state index contributed by atoms with van der Waals surface area (Å²) in [7, 11) is 0. The highest BCUT2D eigenvalue weighted by molar-refractivity contribution is 7.13. The summed E-state index contributed by atoms with van der Waals surface area (Å²) in [6.45, 7) is 0.912. The van der Waals surface area contributed by atoms with Crippen molar-refractivity contribution >= 4 is 23.2 Å². The summed E-state index contributed by atoms with van der Waals surface area (Å²) in [5, 5.41) is 2.70. The lowest BCUT2D eigenvalue weighted by atomic mass is 10.1. The molecule has 0 saturated carbocycles. The van der Waals surface area contributed by atoms with Crippen molar-refractivity contribution in [3.05, 3.63) is 76.8 Å². The van der Waals surface area contributed by atoms with Crippen LogP contribution >= 0.6 is 11.3 Å². The molecule has 1 fully saturated rings.